The molecular formula is C14H20O7. The Morgan fingerprint density at radius 1 is 1.33 bits per heavy atom. The van der Waals surface area contributed by atoms with E-state index in [9.17, 15) is 9.59 Å². The van der Waals surface area contributed by atoms with Crippen LogP contribution in [0.25, 0.3) is 0 Å². The summed E-state index contributed by atoms with van der Waals surface area (Å²) in [6.45, 7) is 3.35. The van der Waals surface area contributed by atoms with Gasteiger partial charge in [-0.25, -0.2) is 9.78 Å². The van der Waals surface area contributed by atoms with E-state index in [0.29, 0.717) is 12.8 Å². The normalized spacial score (nSPS) is 41.6. The number of carbonyl (C=O) groups excluding carboxylic acids is 1. The van der Waals surface area contributed by atoms with Crippen molar-refractivity contribution in [1.82, 2.24) is 0 Å². The van der Waals surface area contributed by atoms with Crippen LogP contribution in [0.4, 0.5) is 0 Å². The molecule has 0 aromatic heterocycles. The number of carboxylic acids is 1. The van der Waals surface area contributed by atoms with Gasteiger partial charge >= 0.3 is 11.9 Å². The Hall–Kier alpha value is -1.18. The van der Waals surface area contributed by atoms with Crippen molar-refractivity contribution < 1.29 is 33.9 Å². The lowest BCUT2D eigenvalue weighted by Gasteiger charge is -2.55. The van der Waals surface area contributed by atoms with Crippen LogP contribution in [0.1, 0.15) is 46.0 Å². The molecule has 0 amide bonds. The lowest BCUT2D eigenvalue weighted by Crippen LogP contribution is -2.67. The van der Waals surface area contributed by atoms with Crippen molar-refractivity contribution in [2.45, 2.75) is 63.6 Å². The molecule has 2 heterocycles. The average molecular weight is 300 g/mol. The summed E-state index contributed by atoms with van der Waals surface area (Å²) in [5, 5.41) is 9.04. The van der Waals surface area contributed by atoms with Crippen LogP contribution in [0.15, 0.2) is 0 Å². The predicted octanol–water partition coefficient (Wildman–Crippen LogP) is 1.60. The van der Waals surface area contributed by atoms with Crippen molar-refractivity contribution in [3.05, 3.63) is 0 Å². The highest BCUT2D eigenvalue weighted by Gasteiger charge is 2.63. The van der Waals surface area contributed by atoms with E-state index in [1.165, 1.54) is 0 Å². The van der Waals surface area contributed by atoms with Gasteiger partial charge in [-0.05, 0) is 26.7 Å². The van der Waals surface area contributed by atoms with Gasteiger partial charge in [0, 0.05) is 5.92 Å². The minimum atomic E-state index is -1.02. The monoisotopic (exact) mass is 300 g/mol. The molecule has 1 N–H and O–H groups in total. The van der Waals surface area contributed by atoms with Crippen LogP contribution in [-0.2, 0) is 28.8 Å². The minimum Gasteiger partial charge on any atom is -0.481 e. The van der Waals surface area contributed by atoms with Crippen LogP contribution in [0.2, 0.25) is 0 Å². The van der Waals surface area contributed by atoms with Crippen molar-refractivity contribution in [3.8, 4) is 0 Å². The third kappa shape index (κ3) is 2.43. The maximum absolute atomic E-state index is 12.2. The molecule has 0 bridgehead atoms. The first kappa shape index (κ1) is 14.7. The van der Waals surface area contributed by atoms with Crippen LogP contribution in [0.3, 0.4) is 0 Å². The van der Waals surface area contributed by atoms with E-state index >= 15 is 0 Å². The van der Waals surface area contributed by atoms with E-state index in [2.05, 4.69) is 0 Å². The number of hydrogen-bond acceptors (Lipinski definition) is 6. The molecule has 0 aromatic rings. The van der Waals surface area contributed by atoms with E-state index in [-0.39, 0.29) is 12.3 Å². The zero-order chi connectivity index (χ0) is 15.3. The van der Waals surface area contributed by atoms with Crippen LogP contribution in [0.5, 0.6) is 0 Å². The molecule has 7 heteroatoms. The SMILES string of the molecule is CC1(C)OO[C@]23CCCC[C@H]2[C@@H](CC(=O)O)C(=O)O[C@@H]3O1. The van der Waals surface area contributed by atoms with Gasteiger partial charge in [0.15, 0.2) is 11.4 Å². The number of carbonyl (C=O) groups is 2. The van der Waals surface area contributed by atoms with Gasteiger partial charge in [0.2, 0.25) is 6.29 Å². The molecule has 1 aliphatic carbocycles. The van der Waals surface area contributed by atoms with E-state index in [1.54, 1.807) is 13.8 Å². The Bertz CT molecular complexity index is 460. The molecular weight excluding hydrogens is 280 g/mol. The largest absolute Gasteiger partial charge is 0.481 e. The highest BCUT2D eigenvalue weighted by atomic mass is 17.3. The summed E-state index contributed by atoms with van der Waals surface area (Å²) in [5.74, 6) is -3.52. The molecule has 3 fully saturated rings. The van der Waals surface area contributed by atoms with E-state index in [4.69, 9.17) is 24.4 Å². The zero-order valence-electron chi connectivity index (χ0n) is 12.2. The van der Waals surface area contributed by atoms with Crippen LogP contribution in [-0.4, -0.2) is 34.7 Å². The molecule has 3 rings (SSSR count). The summed E-state index contributed by atoms with van der Waals surface area (Å²) in [5.41, 5.74) is -0.887. The van der Waals surface area contributed by atoms with Gasteiger partial charge < -0.3 is 14.6 Å². The first-order valence-electron chi connectivity index (χ1n) is 7.31. The summed E-state index contributed by atoms with van der Waals surface area (Å²) in [6.07, 6.45) is 2.06. The van der Waals surface area contributed by atoms with Crippen molar-refractivity contribution in [1.29, 1.82) is 0 Å². The first-order valence-corrected chi connectivity index (χ1v) is 7.31. The summed E-state index contributed by atoms with van der Waals surface area (Å²) in [6, 6.07) is 0. The van der Waals surface area contributed by atoms with Gasteiger partial charge in [0.25, 0.3) is 0 Å². The standard InChI is InChI=1S/C14H20O7/c1-13(2)19-12-14(21-20-13)6-4-3-5-9(14)8(7-10(15)16)11(17)18-12/h8-9,12H,3-7H2,1-2H3,(H,15,16)/t8-,9+,12-,14-/m1/s1. The quantitative estimate of drug-likeness (QED) is 0.611. The average Bonchev–Trinajstić information content (AvgIpc) is 2.40. The maximum atomic E-state index is 12.2. The van der Waals surface area contributed by atoms with Crippen molar-refractivity contribution in [3.63, 3.8) is 0 Å². The summed E-state index contributed by atoms with van der Waals surface area (Å²) < 4.78 is 11.1. The Balaban J connectivity index is 1.92. The predicted molar refractivity (Wildman–Crippen MR) is 67.6 cm³/mol. The number of ether oxygens (including phenoxy) is 2. The lowest BCUT2D eigenvalue weighted by molar-refractivity contribution is -0.557. The molecule has 7 nitrogen and oxygen atoms in total. The van der Waals surface area contributed by atoms with Crippen molar-refractivity contribution in [2.75, 3.05) is 0 Å². The zero-order valence-corrected chi connectivity index (χ0v) is 12.2. The fourth-order valence-corrected chi connectivity index (χ4v) is 3.62. The van der Waals surface area contributed by atoms with Gasteiger partial charge in [-0.2, -0.15) is 0 Å². The second-order valence-corrected chi connectivity index (χ2v) is 6.46. The number of esters is 1. The summed E-state index contributed by atoms with van der Waals surface area (Å²) in [7, 11) is 0. The molecule has 118 valence electrons. The molecule has 21 heavy (non-hydrogen) atoms. The second kappa shape index (κ2) is 4.93. The smallest absolute Gasteiger partial charge is 0.312 e. The maximum Gasteiger partial charge on any atom is 0.312 e. The highest BCUT2D eigenvalue weighted by molar-refractivity contribution is 5.80. The lowest BCUT2D eigenvalue weighted by atomic mass is 9.66. The molecule has 2 saturated heterocycles. The van der Waals surface area contributed by atoms with Crippen molar-refractivity contribution >= 4 is 11.9 Å². The number of carboxylic acid groups (broad SMARTS) is 1. The van der Waals surface area contributed by atoms with Crippen molar-refractivity contribution in [2.24, 2.45) is 11.8 Å². The molecule has 2 aliphatic heterocycles. The Morgan fingerprint density at radius 3 is 2.81 bits per heavy atom. The van der Waals surface area contributed by atoms with E-state index in [0.717, 1.165) is 12.8 Å². The number of hydrogen-bond donors (Lipinski definition) is 1. The van der Waals surface area contributed by atoms with Gasteiger partial charge in [-0.3, -0.25) is 9.59 Å². The fraction of sp³-hybridized carbons (Fsp3) is 0.857. The molecule has 1 saturated carbocycles. The molecule has 0 unspecified atom stereocenters. The van der Waals surface area contributed by atoms with Crippen LogP contribution < -0.4 is 0 Å². The van der Waals surface area contributed by atoms with Gasteiger partial charge in [-0.15, -0.1) is 0 Å². The van der Waals surface area contributed by atoms with Crippen LogP contribution in [0, 0.1) is 11.8 Å². The van der Waals surface area contributed by atoms with Crippen LogP contribution >= 0.6 is 0 Å². The summed E-state index contributed by atoms with van der Waals surface area (Å²) >= 11 is 0. The Labute approximate surface area is 122 Å². The minimum absolute atomic E-state index is 0.259. The third-order valence-corrected chi connectivity index (χ3v) is 4.55. The van der Waals surface area contributed by atoms with Gasteiger partial charge in [0.1, 0.15) is 0 Å². The van der Waals surface area contributed by atoms with Gasteiger partial charge in [-0.1, -0.05) is 12.8 Å². The third-order valence-electron chi connectivity index (χ3n) is 4.55. The summed E-state index contributed by atoms with van der Waals surface area (Å²) in [4.78, 5) is 34.2. The Morgan fingerprint density at radius 2 is 2.10 bits per heavy atom. The first-order chi connectivity index (χ1) is 9.84. The van der Waals surface area contributed by atoms with E-state index < -0.39 is 35.5 Å². The molecule has 4 atom stereocenters. The van der Waals surface area contributed by atoms with E-state index in [1.807, 2.05) is 0 Å². The molecule has 0 radical (unpaired) electrons. The second-order valence-electron chi connectivity index (χ2n) is 6.46. The highest BCUT2D eigenvalue weighted by Crippen LogP contribution is 2.52. The Kier molecular flexibility index (Phi) is 3.46. The number of aliphatic carboxylic acids is 1. The molecule has 0 aromatic carbocycles. The number of rotatable bonds is 2. The van der Waals surface area contributed by atoms with Gasteiger partial charge in [0.05, 0.1) is 12.3 Å². The fourth-order valence-electron chi connectivity index (χ4n) is 3.62. The topological polar surface area (TPSA) is 91.3 Å². The molecule has 3 aliphatic rings. The molecule has 1 spiro atoms.